The molecule has 0 aliphatic rings. The molecule has 0 atom stereocenters. The van der Waals surface area contributed by atoms with Crippen LogP contribution in [0.4, 0.5) is 5.69 Å². The molecule has 3 N–H and O–H groups in total. The van der Waals surface area contributed by atoms with E-state index >= 15 is 0 Å². The van der Waals surface area contributed by atoms with Crippen molar-refractivity contribution in [3.8, 4) is 11.3 Å². The van der Waals surface area contributed by atoms with Crippen molar-refractivity contribution in [2.24, 2.45) is 0 Å². The first-order chi connectivity index (χ1) is 13.4. The molecule has 0 fully saturated rings. The standard InChI is InChI=1S/C21H22N6O/c1-11(2)15-5-16(9-22-8-15)18-7-14-6-17(10-23-20(14)25-18)24-21(28)19-12(3)13(4)26-27-19/h5-11H,1-4H3,(H,23,25)(H,24,28)(H,26,27). The Hall–Kier alpha value is -3.48. The molecule has 0 aliphatic carbocycles. The van der Waals surface area contributed by atoms with Gasteiger partial charge in [0.1, 0.15) is 5.65 Å². The summed E-state index contributed by atoms with van der Waals surface area (Å²) in [6.07, 6.45) is 5.36. The maximum Gasteiger partial charge on any atom is 0.276 e. The molecule has 142 valence electrons. The van der Waals surface area contributed by atoms with Crippen molar-refractivity contribution in [3.05, 3.63) is 59.3 Å². The molecule has 7 nitrogen and oxygen atoms in total. The van der Waals surface area contributed by atoms with Gasteiger partial charge < -0.3 is 10.3 Å². The molecule has 28 heavy (non-hydrogen) atoms. The third-order valence-electron chi connectivity index (χ3n) is 4.93. The normalized spacial score (nSPS) is 11.3. The van der Waals surface area contributed by atoms with E-state index < -0.39 is 0 Å². The maximum absolute atomic E-state index is 12.5. The molecule has 0 unspecified atom stereocenters. The van der Waals surface area contributed by atoms with Gasteiger partial charge in [-0.1, -0.05) is 13.8 Å². The molecule has 4 aromatic rings. The average Bonchev–Trinajstić information content (AvgIpc) is 3.25. The lowest BCUT2D eigenvalue weighted by Gasteiger charge is -2.05. The zero-order valence-electron chi connectivity index (χ0n) is 16.3. The number of carbonyl (C=O) groups is 1. The molecule has 7 heteroatoms. The number of nitrogens with zero attached hydrogens (tertiary/aromatic N) is 3. The van der Waals surface area contributed by atoms with Crippen molar-refractivity contribution in [1.82, 2.24) is 25.1 Å². The highest BCUT2D eigenvalue weighted by atomic mass is 16.1. The number of pyridine rings is 2. The summed E-state index contributed by atoms with van der Waals surface area (Å²) < 4.78 is 0. The summed E-state index contributed by atoms with van der Waals surface area (Å²) >= 11 is 0. The van der Waals surface area contributed by atoms with Crippen LogP contribution in [0.1, 0.15) is 47.1 Å². The molecule has 0 saturated heterocycles. The second kappa shape index (κ2) is 6.92. The predicted molar refractivity (Wildman–Crippen MR) is 109 cm³/mol. The van der Waals surface area contributed by atoms with Crippen molar-refractivity contribution in [2.75, 3.05) is 5.32 Å². The molecule has 0 spiro atoms. The van der Waals surface area contributed by atoms with Gasteiger partial charge in [-0.2, -0.15) is 5.10 Å². The number of hydrogen-bond donors (Lipinski definition) is 3. The first-order valence-electron chi connectivity index (χ1n) is 9.19. The van der Waals surface area contributed by atoms with Gasteiger partial charge in [0.05, 0.1) is 11.9 Å². The Balaban J connectivity index is 1.62. The van der Waals surface area contributed by atoms with Crippen LogP contribution in [0, 0.1) is 13.8 Å². The summed E-state index contributed by atoms with van der Waals surface area (Å²) in [4.78, 5) is 24.6. The summed E-state index contributed by atoms with van der Waals surface area (Å²) in [7, 11) is 0. The number of anilines is 1. The molecule has 1 amide bonds. The Morgan fingerprint density at radius 2 is 1.93 bits per heavy atom. The van der Waals surface area contributed by atoms with Crippen molar-refractivity contribution >= 4 is 22.6 Å². The number of aromatic amines is 2. The van der Waals surface area contributed by atoms with Crippen molar-refractivity contribution < 1.29 is 4.79 Å². The van der Waals surface area contributed by atoms with E-state index in [1.807, 2.05) is 38.4 Å². The lowest BCUT2D eigenvalue weighted by Crippen LogP contribution is -2.13. The van der Waals surface area contributed by atoms with Gasteiger partial charge in [-0.15, -0.1) is 0 Å². The Bertz CT molecular complexity index is 1170. The number of H-pyrrole nitrogens is 2. The summed E-state index contributed by atoms with van der Waals surface area (Å²) in [6.45, 7) is 8.04. The number of aromatic nitrogens is 5. The molecule has 4 heterocycles. The van der Waals surface area contributed by atoms with E-state index in [2.05, 4.69) is 50.4 Å². The largest absolute Gasteiger partial charge is 0.339 e. The molecular formula is C21H22N6O. The smallest absolute Gasteiger partial charge is 0.276 e. The van der Waals surface area contributed by atoms with Gasteiger partial charge in [0.25, 0.3) is 5.91 Å². The Labute approximate surface area is 162 Å². The SMILES string of the molecule is Cc1[nH]nc(C(=O)Nc2cnc3[nH]c(-c4cncc(C(C)C)c4)cc3c2)c1C. The summed E-state index contributed by atoms with van der Waals surface area (Å²) in [5.74, 6) is 0.151. The van der Waals surface area contributed by atoms with Crippen LogP contribution in [0.2, 0.25) is 0 Å². The highest BCUT2D eigenvalue weighted by Crippen LogP contribution is 2.26. The number of fused-ring (bicyclic) bond motifs is 1. The third kappa shape index (κ3) is 3.26. The third-order valence-corrected chi connectivity index (χ3v) is 4.93. The lowest BCUT2D eigenvalue weighted by molar-refractivity contribution is 0.102. The van der Waals surface area contributed by atoms with Gasteiger partial charge in [0.15, 0.2) is 5.69 Å². The zero-order valence-corrected chi connectivity index (χ0v) is 16.3. The number of nitrogens with one attached hydrogen (secondary N) is 3. The molecule has 0 aromatic carbocycles. The minimum absolute atomic E-state index is 0.257. The highest BCUT2D eigenvalue weighted by molar-refractivity contribution is 6.04. The number of amides is 1. The summed E-state index contributed by atoms with van der Waals surface area (Å²) in [5.41, 5.74) is 6.63. The number of aryl methyl sites for hydroxylation is 1. The lowest BCUT2D eigenvalue weighted by atomic mass is 10.0. The van der Waals surface area contributed by atoms with Crippen LogP contribution >= 0.6 is 0 Å². The predicted octanol–water partition coefficient (Wildman–Crippen LogP) is 4.34. The first-order valence-corrected chi connectivity index (χ1v) is 9.19. The molecule has 0 aliphatic heterocycles. The Morgan fingerprint density at radius 3 is 2.64 bits per heavy atom. The van der Waals surface area contributed by atoms with Gasteiger partial charge in [0, 0.05) is 40.3 Å². The summed E-state index contributed by atoms with van der Waals surface area (Å²) in [6, 6.07) is 6.05. The van der Waals surface area contributed by atoms with Gasteiger partial charge >= 0.3 is 0 Å². The van der Waals surface area contributed by atoms with E-state index in [4.69, 9.17) is 0 Å². The van der Waals surface area contributed by atoms with E-state index in [0.29, 0.717) is 17.3 Å². The molecule has 4 rings (SSSR count). The zero-order chi connectivity index (χ0) is 19.8. The maximum atomic E-state index is 12.5. The molecule has 0 saturated carbocycles. The highest BCUT2D eigenvalue weighted by Gasteiger charge is 2.15. The van der Waals surface area contributed by atoms with E-state index in [9.17, 15) is 4.79 Å². The van der Waals surface area contributed by atoms with E-state index in [1.165, 1.54) is 5.56 Å². The second-order valence-corrected chi connectivity index (χ2v) is 7.28. The fraction of sp³-hybridized carbons (Fsp3) is 0.238. The minimum atomic E-state index is -0.257. The van der Waals surface area contributed by atoms with Gasteiger partial charge in [-0.3, -0.25) is 14.9 Å². The van der Waals surface area contributed by atoms with E-state index in [1.54, 1.807) is 6.20 Å². The Kier molecular flexibility index (Phi) is 4.43. The first kappa shape index (κ1) is 17.9. The van der Waals surface area contributed by atoms with Gasteiger partial charge in [-0.05, 0) is 43.5 Å². The van der Waals surface area contributed by atoms with E-state index in [0.717, 1.165) is 33.5 Å². The monoisotopic (exact) mass is 374 g/mol. The van der Waals surface area contributed by atoms with Crippen LogP contribution in [0.15, 0.2) is 36.8 Å². The molecule has 4 aromatic heterocycles. The van der Waals surface area contributed by atoms with Crippen LogP contribution in [0.5, 0.6) is 0 Å². The van der Waals surface area contributed by atoms with Crippen molar-refractivity contribution in [1.29, 1.82) is 0 Å². The van der Waals surface area contributed by atoms with Crippen molar-refractivity contribution in [2.45, 2.75) is 33.6 Å². The molecule has 0 bridgehead atoms. The van der Waals surface area contributed by atoms with Crippen LogP contribution < -0.4 is 5.32 Å². The van der Waals surface area contributed by atoms with Crippen LogP contribution in [0.25, 0.3) is 22.3 Å². The van der Waals surface area contributed by atoms with Gasteiger partial charge in [-0.25, -0.2) is 4.98 Å². The fourth-order valence-electron chi connectivity index (χ4n) is 3.06. The fourth-order valence-corrected chi connectivity index (χ4v) is 3.06. The topological polar surface area (TPSA) is 99.4 Å². The van der Waals surface area contributed by atoms with Crippen LogP contribution in [-0.4, -0.2) is 31.1 Å². The number of carbonyl (C=O) groups excluding carboxylic acids is 1. The number of rotatable bonds is 4. The van der Waals surface area contributed by atoms with Crippen LogP contribution in [-0.2, 0) is 0 Å². The number of hydrogen-bond acceptors (Lipinski definition) is 4. The minimum Gasteiger partial charge on any atom is -0.339 e. The van der Waals surface area contributed by atoms with Crippen molar-refractivity contribution in [3.63, 3.8) is 0 Å². The van der Waals surface area contributed by atoms with Gasteiger partial charge in [0.2, 0.25) is 0 Å². The molecular weight excluding hydrogens is 352 g/mol. The second-order valence-electron chi connectivity index (χ2n) is 7.28. The van der Waals surface area contributed by atoms with E-state index in [-0.39, 0.29) is 5.91 Å². The molecule has 0 radical (unpaired) electrons. The quantitative estimate of drug-likeness (QED) is 0.495. The average molecular weight is 374 g/mol. The van der Waals surface area contributed by atoms with Crippen LogP contribution in [0.3, 0.4) is 0 Å². The Morgan fingerprint density at radius 1 is 1.11 bits per heavy atom. The summed E-state index contributed by atoms with van der Waals surface area (Å²) in [5, 5.41) is 10.7.